The Morgan fingerprint density at radius 3 is 3.06 bits per heavy atom. The number of ether oxygens (including phenoxy) is 1. The summed E-state index contributed by atoms with van der Waals surface area (Å²) in [4.78, 5) is 15.3. The highest BCUT2D eigenvalue weighted by Crippen LogP contribution is 2.08. The van der Waals surface area contributed by atoms with Crippen LogP contribution in [0.15, 0.2) is 30.6 Å². The van der Waals surface area contributed by atoms with Gasteiger partial charge in [-0.25, -0.2) is 0 Å². The molecular formula is C13H17NO2. The van der Waals surface area contributed by atoms with Gasteiger partial charge in [-0.1, -0.05) is 25.1 Å². The lowest BCUT2D eigenvalue weighted by Crippen LogP contribution is -2.13. The summed E-state index contributed by atoms with van der Waals surface area (Å²) in [5.41, 5.74) is 1.04. The summed E-state index contributed by atoms with van der Waals surface area (Å²) in [5, 5.41) is 0. The van der Waals surface area contributed by atoms with E-state index in [4.69, 9.17) is 4.74 Å². The quantitative estimate of drug-likeness (QED) is 0.715. The molecular weight excluding hydrogens is 202 g/mol. The average Bonchev–Trinajstić information content (AvgIpc) is 2.30. The van der Waals surface area contributed by atoms with Crippen molar-refractivity contribution in [3.8, 4) is 0 Å². The maximum atomic E-state index is 11.3. The number of aromatic nitrogens is 1. The van der Waals surface area contributed by atoms with Gasteiger partial charge in [0.05, 0.1) is 12.5 Å². The Balaban J connectivity index is 2.40. The van der Waals surface area contributed by atoms with Crippen molar-refractivity contribution in [2.75, 3.05) is 6.61 Å². The second kappa shape index (κ2) is 6.77. The molecule has 86 valence electrons. The van der Waals surface area contributed by atoms with Gasteiger partial charge in [-0.2, -0.15) is 0 Å². The fourth-order valence-corrected chi connectivity index (χ4v) is 1.26. The van der Waals surface area contributed by atoms with Crippen LogP contribution in [-0.2, 0) is 9.53 Å². The molecule has 1 atom stereocenters. The van der Waals surface area contributed by atoms with Crippen molar-refractivity contribution >= 4 is 12.0 Å². The molecule has 0 fully saturated rings. The zero-order valence-corrected chi connectivity index (χ0v) is 9.72. The molecule has 1 heterocycles. The summed E-state index contributed by atoms with van der Waals surface area (Å²) in [6, 6.07) is 3.85. The molecule has 0 aromatic carbocycles. The molecule has 3 nitrogen and oxygen atoms in total. The van der Waals surface area contributed by atoms with E-state index in [2.05, 4.69) is 4.98 Å². The lowest BCUT2D eigenvalue weighted by Gasteiger charge is -2.06. The number of hydrogen-bond acceptors (Lipinski definition) is 3. The van der Waals surface area contributed by atoms with Gasteiger partial charge in [0.15, 0.2) is 0 Å². The average molecular weight is 219 g/mol. The van der Waals surface area contributed by atoms with E-state index < -0.39 is 0 Å². The van der Waals surface area contributed by atoms with Gasteiger partial charge in [-0.05, 0) is 25.0 Å². The summed E-state index contributed by atoms with van der Waals surface area (Å²) in [5.74, 6) is -0.230. The molecule has 16 heavy (non-hydrogen) atoms. The second-order valence-electron chi connectivity index (χ2n) is 3.58. The fourth-order valence-electron chi connectivity index (χ4n) is 1.26. The Morgan fingerprint density at radius 2 is 2.44 bits per heavy atom. The van der Waals surface area contributed by atoms with Crippen LogP contribution in [0.5, 0.6) is 0 Å². The Morgan fingerprint density at radius 1 is 1.62 bits per heavy atom. The predicted octanol–water partition coefficient (Wildman–Crippen LogP) is 2.68. The Labute approximate surface area is 96.2 Å². The van der Waals surface area contributed by atoms with Gasteiger partial charge in [-0.15, -0.1) is 0 Å². The summed E-state index contributed by atoms with van der Waals surface area (Å²) >= 11 is 0. The molecule has 0 aliphatic rings. The third kappa shape index (κ3) is 4.26. The molecule has 0 radical (unpaired) electrons. The van der Waals surface area contributed by atoms with Crippen molar-refractivity contribution in [3.05, 3.63) is 36.2 Å². The highest BCUT2D eigenvalue weighted by molar-refractivity contribution is 5.72. The lowest BCUT2D eigenvalue weighted by atomic mass is 10.1. The monoisotopic (exact) mass is 219 g/mol. The van der Waals surface area contributed by atoms with Crippen LogP contribution < -0.4 is 0 Å². The van der Waals surface area contributed by atoms with Gasteiger partial charge in [-0.3, -0.25) is 9.78 Å². The minimum absolute atomic E-state index is 0.0899. The summed E-state index contributed by atoms with van der Waals surface area (Å²) in [7, 11) is 0. The summed E-state index contributed by atoms with van der Waals surface area (Å²) < 4.78 is 4.92. The van der Waals surface area contributed by atoms with Gasteiger partial charge in [0.2, 0.25) is 0 Å². The zero-order chi connectivity index (χ0) is 11.8. The number of carbonyl (C=O) groups is 1. The summed E-state index contributed by atoms with van der Waals surface area (Å²) in [6.45, 7) is 4.12. The largest absolute Gasteiger partial charge is 0.466 e. The number of carbonyl (C=O) groups excluding carboxylic acids is 1. The van der Waals surface area contributed by atoms with Crippen molar-refractivity contribution in [1.82, 2.24) is 4.98 Å². The van der Waals surface area contributed by atoms with Crippen molar-refractivity contribution in [1.29, 1.82) is 0 Å². The van der Waals surface area contributed by atoms with E-state index in [0.717, 1.165) is 5.56 Å². The molecule has 1 rings (SSSR count). The molecule has 0 aliphatic carbocycles. The first kappa shape index (κ1) is 12.4. The molecule has 1 aromatic heterocycles. The van der Waals surface area contributed by atoms with Crippen LogP contribution in [0, 0.1) is 5.92 Å². The fraction of sp³-hybridized carbons (Fsp3) is 0.385. The van der Waals surface area contributed by atoms with Crippen LogP contribution in [0.2, 0.25) is 0 Å². The summed E-state index contributed by atoms with van der Waals surface area (Å²) in [6.07, 6.45) is 8.14. The molecule has 0 N–H and O–H groups in total. The van der Waals surface area contributed by atoms with Crippen LogP contribution in [0.4, 0.5) is 0 Å². The first-order valence-corrected chi connectivity index (χ1v) is 5.47. The maximum absolute atomic E-state index is 11.3. The van der Waals surface area contributed by atoms with Crippen LogP contribution in [-0.4, -0.2) is 17.6 Å². The topological polar surface area (TPSA) is 39.2 Å². The van der Waals surface area contributed by atoms with Gasteiger partial charge in [0.1, 0.15) is 0 Å². The highest BCUT2D eigenvalue weighted by Gasteiger charge is 2.11. The predicted molar refractivity (Wildman–Crippen MR) is 63.7 cm³/mol. The molecule has 0 aliphatic heterocycles. The van der Waals surface area contributed by atoms with Crippen LogP contribution in [0.25, 0.3) is 6.08 Å². The number of rotatable bonds is 5. The standard InChI is InChI=1S/C13H17NO2/c1-3-16-13(15)11(2)6-4-7-12-8-5-9-14-10-12/h4-5,7-11H,3,6H2,1-2H3/b7-4+. The Bertz CT molecular complexity index is 346. The SMILES string of the molecule is CCOC(=O)C(C)C/C=C/c1cccnc1. The normalized spacial score (nSPS) is 12.6. The van der Waals surface area contributed by atoms with Gasteiger partial charge >= 0.3 is 5.97 Å². The molecule has 0 spiro atoms. The van der Waals surface area contributed by atoms with Gasteiger partial charge < -0.3 is 4.74 Å². The zero-order valence-electron chi connectivity index (χ0n) is 9.72. The molecule has 0 bridgehead atoms. The molecule has 1 aromatic rings. The van der Waals surface area contributed by atoms with Crippen molar-refractivity contribution in [3.63, 3.8) is 0 Å². The maximum Gasteiger partial charge on any atom is 0.308 e. The van der Waals surface area contributed by atoms with Crippen LogP contribution in [0.1, 0.15) is 25.8 Å². The van der Waals surface area contributed by atoms with E-state index in [1.807, 2.05) is 38.1 Å². The van der Waals surface area contributed by atoms with E-state index in [1.165, 1.54) is 0 Å². The Kier molecular flexibility index (Phi) is 5.26. The van der Waals surface area contributed by atoms with Crippen molar-refractivity contribution in [2.45, 2.75) is 20.3 Å². The van der Waals surface area contributed by atoms with E-state index in [0.29, 0.717) is 13.0 Å². The molecule has 0 saturated heterocycles. The minimum atomic E-state index is -0.140. The third-order valence-electron chi connectivity index (χ3n) is 2.17. The number of esters is 1. The number of hydrogen-bond donors (Lipinski definition) is 0. The molecule has 3 heteroatoms. The molecule has 0 amide bonds. The van der Waals surface area contributed by atoms with Crippen LogP contribution in [0.3, 0.4) is 0 Å². The van der Waals surface area contributed by atoms with E-state index in [1.54, 1.807) is 12.4 Å². The van der Waals surface area contributed by atoms with E-state index >= 15 is 0 Å². The van der Waals surface area contributed by atoms with Gasteiger partial charge in [0, 0.05) is 12.4 Å². The number of allylic oxidation sites excluding steroid dienone is 1. The van der Waals surface area contributed by atoms with Crippen LogP contribution >= 0.6 is 0 Å². The van der Waals surface area contributed by atoms with E-state index in [-0.39, 0.29) is 11.9 Å². The van der Waals surface area contributed by atoms with Crippen molar-refractivity contribution in [2.24, 2.45) is 5.92 Å². The number of pyridine rings is 1. The smallest absolute Gasteiger partial charge is 0.308 e. The number of nitrogens with zero attached hydrogens (tertiary/aromatic N) is 1. The third-order valence-corrected chi connectivity index (χ3v) is 2.17. The first-order valence-electron chi connectivity index (χ1n) is 5.47. The first-order chi connectivity index (χ1) is 7.74. The molecule has 1 unspecified atom stereocenters. The minimum Gasteiger partial charge on any atom is -0.466 e. The Hall–Kier alpha value is -1.64. The van der Waals surface area contributed by atoms with Crippen molar-refractivity contribution < 1.29 is 9.53 Å². The highest BCUT2D eigenvalue weighted by atomic mass is 16.5. The molecule has 0 saturated carbocycles. The van der Waals surface area contributed by atoms with Gasteiger partial charge in [0.25, 0.3) is 0 Å². The second-order valence-corrected chi connectivity index (χ2v) is 3.58. The van der Waals surface area contributed by atoms with E-state index in [9.17, 15) is 4.79 Å². The lowest BCUT2D eigenvalue weighted by molar-refractivity contribution is -0.147.